The van der Waals surface area contributed by atoms with Crippen molar-refractivity contribution in [1.29, 1.82) is 0 Å². The van der Waals surface area contributed by atoms with Gasteiger partial charge in [0.05, 0.1) is 33.5 Å². The Balaban J connectivity index is 1.23. The Labute approximate surface area is 314 Å². The third-order valence-electron chi connectivity index (χ3n) is 11.6. The zero-order chi connectivity index (χ0) is 36.0. The van der Waals surface area contributed by atoms with E-state index in [0.29, 0.717) is 0 Å². The van der Waals surface area contributed by atoms with Crippen molar-refractivity contribution in [2.24, 2.45) is 0 Å². The lowest BCUT2D eigenvalue weighted by molar-refractivity contribution is 0.660. The molecule has 54 heavy (non-hydrogen) atoms. The van der Waals surface area contributed by atoms with E-state index >= 15 is 0 Å². The molecular weight excluding hydrogens is 657 g/mol. The van der Waals surface area contributed by atoms with Crippen molar-refractivity contribution >= 4 is 60.8 Å². The Morgan fingerprint density at radius 2 is 1.11 bits per heavy atom. The topological polar surface area (TPSA) is 21.3 Å². The van der Waals surface area contributed by atoms with Crippen LogP contribution >= 0.6 is 0 Å². The highest BCUT2D eigenvalue weighted by molar-refractivity contribution is 6.19. The van der Waals surface area contributed by atoms with E-state index in [-0.39, 0.29) is 5.41 Å². The monoisotopic (exact) mass is 692 g/mol. The Morgan fingerprint density at radius 1 is 0.463 bits per heavy atom. The molecular formula is C51H36N2O. The molecule has 0 spiro atoms. The number of anilines is 3. The van der Waals surface area contributed by atoms with Gasteiger partial charge < -0.3 is 13.9 Å². The summed E-state index contributed by atoms with van der Waals surface area (Å²) in [5.74, 6) is 0. The standard InChI is InChI=1S/C51H36N2O/c1-51(2)40-22-10-6-19-36(40)37-31-30-34(32-41(37)51)52(42-23-11-7-18-35(42)33-16-4-3-5-17-33)44-25-14-26-45-49(44)38-20-8-12-24-43(38)53(45)46-27-15-29-48-50(46)39-21-9-13-28-47(39)54-48/h3-32H,1-2H3. The summed E-state index contributed by atoms with van der Waals surface area (Å²) >= 11 is 0. The zero-order valence-corrected chi connectivity index (χ0v) is 30.1. The molecule has 0 saturated heterocycles. The molecule has 256 valence electrons. The molecule has 8 aromatic carbocycles. The van der Waals surface area contributed by atoms with Gasteiger partial charge in [-0.05, 0) is 82.4 Å². The second kappa shape index (κ2) is 11.6. The minimum atomic E-state index is -0.138. The number of rotatable bonds is 5. The molecule has 0 aliphatic heterocycles. The predicted molar refractivity (Wildman–Crippen MR) is 226 cm³/mol. The van der Waals surface area contributed by atoms with Crippen LogP contribution in [0, 0.1) is 0 Å². The first-order valence-corrected chi connectivity index (χ1v) is 18.7. The molecule has 0 bridgehead atoms. The van der Waals surface area contributed by atoms with Crippen molar-refractivity contribution in [3.8, 4) is 27.9 Å². The maximum atomic E-state index is 6.40. The van der Waals surface area contributed by atoms with Crippen LogP contribution in [-0.2, 0) is 5.41 Å². The van der Waals surface area contributed by atoms with Gasteiger partial charge >= 0.3 is 0 Å². The van der Waals surface area contributed by atoms with Crippen LogP contribution in [0.5, 0.6) is 0 Å². The summed E-state index contributed by atoms with van der Waals surface area (Å²) in [7, 11) is 0. The number of benzene rings is 8. The Kier molecular flexibility index (Phi) is 6.60. The van der Waals surface area contributed by atoms with Crippen molar-refractivity contribution in [2.45, 2.75) is 19.3 Å². The fourth-order valence-electron chi connectivity index (χ4n) is 9.16. The van der Waals surface area contributed by atoms with E-state index in [1.165, 1.54) is 44.2 Å². The molecule has 0 N–H and O–H groups in total. The smallest absolute Gasteiger partial charge is 0.137 e. The third kappa shape index (κ3) is 4.36. The molecule has 11 rings (SSSR count). The Bertz CT molecular complexity index is 3090. The van der Waals surface area contributed by atoms with Gasteiger partial charge in [-0.3, -0.25) is 0 Å². The molecule has 0 amide bonds. The van der Waals surface area contributed by atoms with E-state index in [2.05, 4.69) is 199 Å². The number of hydrogen-bond acceptors (Lipinski definition) is 2. The lowest BCUT2D eigenvalue weighted by Crippen LogP contribution is -2.17. The zero-order valence-electron chi connectivity index (χ0n) is 30.1. The SMILES string of the molecule is CC1(C)c2ccccc2-c2ccc(N(c3ccccc3-c3ccccc3)c3cccc4c3c3ccccc3n4-c3cccc4oc5ccccc5c34)cc21. The molecule has 0 saturated carbocycles. The van der Waals surface area contributed by atoms with E-state index in [0.717, 1.165) is 55.7 Å². The van der Waals surface area contributed by atoms with E-state index in [9.17, 15) is 0 Å². The van der Waals surface area contributed by atoms with Crippen LogP contribution in [0.3, 0.4) is 0 Å². The Hall–Kier alpha value is -6.84. The Morgan fingerprint density at radius 3 is 2.00 bits per heavy atom. The summed E-state index contributed by atoms with van der Waals surface area (Å²) in [5.41, 5.74) is 16.1. The third-order valence-corrected chi connectivity index (χ3v) is 11.6. The minimum absolute atomic E-state index is 0.138. The van der Waals surface area contributed by atoms with Crippen molar-refractivity contribution in [3.63, 3.8) is 0 Å². The molecule has 2 heterocycles. The van der Waals surface area contributed by atoms with Crippen LogP contribution in [0.25, 0.3) is 71.7 Å². The predicted octanol–water partition coefficient (Wildman–Crippen LogP) is 14.1. The quantitative estimate of drug-likeness (QED) is 0.179. The number of aromatic nitrogens is 1. The average Bonchev–Trinajstić information content (AvgIpc) is 3.85. The molecule has 1 aliphatic carbocycles. The number of nitrogens with zero attached hydrogens (tertiary/aromatic N) is 2. The number of fused-ring (bicyclic) bond motifs is 9. The van der Waals surface area contributed by atoms with Gasteiger partial charge in [-0.1, -0.05) is 141 Å². The normalized spacial score (nSPS) is 13.1. The second-order valence-corrected chi connectivity index (χ2v) is 14.9. The van der Waals surface area contributed by atoms with E-state index in [4.69, 9.17) is 4.42 Å². The summed E-state index contributed by atoms with van der Waals surface area (Å²) in [6, 6.07) is 65.9. The summed E-state index contributed by atoms with van der Waals surface area (Å²) in [4.78, 5) is 2.49. The lowest BCUT2D eigenvalue weighted by atomic mass is 9.82. The van der Waals surface area contributed by atoms with Gasteiger partial charge in [0.2, 0.25) is 0 Å². The molecule has 0 atom stereocenters. The van der Waals surface area contributed by atoms with Crippen LogP contribution in [0.4, 0.5) is 17.1 Å². The van der Waals surface area contributed by atoms with E-state index in [1.54, 1.807) is 0 Å². The number of hydrogen-bond donors (Lipinski definition) is 0. The average molecular weight is 693 g/mol. The van der Waals surface area contributed by atoms with Gasteiger partial charge in [0.25, 0.3) is 0 Å². The first kappa shape index (κ1) is 30.8. The molecule has 10 aromatic rings. The molecule has 3 nitrogen and oxygen atoms in total. The number of furan rings is 1. The largest absolute Gasteiger partial charge is 0.456 e. The molecule has 3 heteroatoms. The van der Waals surface area contributed by atoms with Gasteiger partial charge in [0, 0.05) is 32.8 Å². The van der Waals surface area contributed by atoms with Crippen LogP contribution in [0.2, 0.25) is 0 Å². The van der Waals surface area contributed by atoms with Gasteiger partial charge in [-0.2, -0.15) is 0 Å². The summed E-state index contributed by atoms with van der Waals surface area (Å²) in [6.45, 7) is 4.72. The van der Waals surface area contributed by atoms with Gasteiger partial charge in [-0.25, -0.2) is 0 Å². The highest BCUT2D eigenvalue weighted by Crippen LogP contribution is 2.52. The van der Waals surface area contributed by atoms with Crippen molar-refractivity contribution in [3.05, 3.63) is 193 Å². The van der Waals surface area contributed by atoms with Gasteiger partial charge in [0.1, 0.15) is 11.2 Å². The minimum Gasteiger partial charge on any atom is -0.456 e. The lowest BCUT2D eigenvalue weighted by Gasteiger charge is -2.30. The second-order valence-electron chi connectivity index (χ2n) is 14.9. The first-order valence-electron chi connectivity index (χ1n) is 18.7. The fourth-order valence-corrected chi connectivity index (χ4v) is 9.16. The first-order chi connectivity index (χ1) is 26.6. The van der Waals surface area contributed by atoms with Crippen LogP contribution in [0.15, 0.2) is 186 Å². The molecule has 0 fully saturated rings. The van der Waals surface area contributed by atoms with E-state index in [1.807, 2.05) is 6.07 Å². The molecule has 0 radical (unpaired) electrons. The van der Waals surface area contributed by atoms with E-state index < -0.39 is 0 Å². The van der Waals surface area contributed by atoms with Crippen molar-refractivity contribution in [1.82, 2.24) is 4.57 Å². The van der Waals surface area contributed by atoms with Crippen LogP contribution in [-0.4, -0.2) is 4.57 Å². The van der Waals surface area contributed by atoms with Gasteiger partial charge in [-0.15, -0.1) is 0 Å². The maximum absolute atomic E-state index is 6.40. The summed E-state index contributed by atoms with van der Waals surface area (Å²) in [5, 5.41) is 4.63. The van der Waals surface area contributed by atoms with Gasteiger partial charge in [0.15, 0.2) is 0 Å². The van der Waals surface area contributed by atoms with Crippen LogP contribution in [0.1, 0.15) is 25.0 Å². The summed E-state index contributed by atoms with van der Waals surface area (Å²) < 4.78 is 8.84. The highest BCUT2D eigenvalue weighted by Gasteiger charge is 2.36. The molecule has 0 unspecified atom stereocenters. The highest BCUT2D eigenvalue weighted by atomic mass is 16.3. The van der Waals surface area contributed by atoms with Crippen molar-refractivity contribution in [2.75, 3.05) is 4.90 Å². The molecule has 1 aliphatic rings. The number of para-hydroxylation sites is 3. The van der Waals surface area contributed by atoms with Crippen molar-refractivity contribution < 1.29 is 4.42 Å². The van der Waals surface area contributed by atoms with Crippen LogP contribution < -0.4 is 4.90 Å². The molecule has 2 aromatic heterocycles. The maximum Gasteiger partial charge on any atom is 0.137 e. The summed E-state index contributed by atoms with van der Waals surface area (Å²) in [6.07, 6.45) is 0. The fraction of sp³-hybridized carbons (Fsp3) is 0.0588.